The minimum absolute atomic E-state index is 0.436. The zero-order valence-electron chi connectivity index (χ0n) is 12.1. The molecule has 0 unspecified atom stereocenters. The summed E-state index contributed by atoms with van der Waals surface area (Å²) in [4.78, 5) is 11.1. The first-order valence-corrected chi connectivity index (χ1v) is 7.38. The van der Waals surface area contributed by atoms with Crippen molar-refractivity contribution in [1.82, 2.24) is 15.3 Å². The normalized spacial score (nSPS) is 15.4. The van der Waals surface area contributed by atoms with Crippen LogP contribution >= 0.6 is 0 Å². The summed E-state index contributed by atoms with van der Waals surface area (Å²) >= 11 is 0. The molecule has 4 rings (SSSR count). The van der Waals surface area contributed by atoms with Crippen LogP contribution in [0.1, 0.15) is 0 Å². The number of hydrogen-bond donors (Lipinski definition) is 2. The number of fused-ring (bicyclic) bond motifs is 1. The first-order chi connectivity index (χ1) is 10.8. The monoisotopic (exact) mass is 295 g/mol. The molecule has 0 radical (unpaired) electrons. The van der Waals surface area contributed by atoms with Gasteiger partial charge in [-0.3, -0.25) is 0 Å². The topological polar surface area (TPSA) is 80.2 Å². The number of benzene rings is 1. The quantitative estimate of drug-likeness (QED) is 0.751. The number of nitrogen functional groups attached to an aromatic ring is 1. The lowest BCUT2D eigenvalue weighted by molar-refractivity contribution is 0.588. The molecule has 1 aliphatic heterocycles. The molecule has 1 aromatic carbocycles. The highest BCUT2D eigenvalue weighted by Gasteiger charge is 2.16. The van der Waals surface area contributed by atoms with Crippen molar-refractivity contribution in [1.29, 1.82) is 0 Å². The lowest BCUT2D eigenvalue weighted by Crippen LogP contribution is -2.43. The van der Waals surface area contributed by atoms with Gasteiger partial charge in [-0.1, -0.05) is 12.1 Å². The Labute approximate surface area is 128 Å². The summed E-state index contributed by atoms with van der Waals surface area (Å²) in [6.45, 7) is 3.86. The molecule has 1 aliphatic rings. The Morgan fingerprint density at radius 1 is 1.18 bits per heavy atom. The van der Waals surface area contributed by atoms with Gasteiger partial charge in [0.2, 0.25) is 5.89 Å². The van der Waals surface area contributed by atoms with E-state index in [0.717, 1.165) is 48.5 Å². The molecular formula is C16H17N5O. The average molecular weight is 295 g/mol. The Balaban J connectivity index is 1.76. The maximum absolute atomic E-state index is 6.03. The van der Waals surface area contributed by atoms with E-state index >= 15 is 0 Å². The maximum Gasteiger partial charge on any atom is 0.231 e. The number of nitrogens with two attached hydrogens (primary N) is 1. The van der Waals surface area contributed by atoms with E-state index in [0.29, 0.717) is 11.7 Å². The van der Waals surface area contributed by atoms with Crippen molar-refractivity contribution in [2.24, 2.45) is 0 Å². The van der Waals surface area contributed by atoms with Crippen LogP contribution in [0, 0.1) is 0 Å². The van der Waals surface area contributed by atoms with Crippen LogP contribution in [0.4, 0.5) is 11.5 Å². The van der Waals surface area contributed by atoms with E-state index in [1.165, 1.54) is 0 Å². The summed E-state index contributed by atoms with van der Waals surface area (Å²) in [7, 11) is 0. The Hall–Kier alpha value is -2.60. The maximum atomic E-state index is 6.03. The summed E-state index contributed by atoms with van der Waals surface area (Å²) in [6.07, 6.45) is 1.81. The number of rotatable bonds is 2. The third kappa shape index (κ3) is 2.27. The lowest BCUT2D eigenvalue weighted by Gasteiger charge is -2.29. The first-order valence-electron chi connectivity index (χ1n) is 7.38. The second-order valence-corrected chi connectivity index (χ2v) is 5.35. The molecule has 1 saturated heterocycles. The molecule has 112 valence electrons. The van der Waals surface area contributed by atoms with Crippen LogP contribution in [-0.4, -0.2) is 36.1 Å². The molecular weight excluding hydrogens is 278 g/mol. The van der Waals surface area contributed by atoms with Crippen LogP contribution in [0.25, 0.3) is 22.6 Å². The number of pyridine rings is 1. The van der Waals surface area contributed by atoms with Gasteiger partial charge in [-0.05, 0) is 18.2 Å². The van der Waals surface area contributed by atoms with Gasteiger partial charge in [-0.2, -0.15) is 0 Å². The number of nitrogens with one attached hydrogen (secondary N) is 1. The van der Waals surface area contributed by atoms with Crippen LogP contribution in [-0.2, 0) is 0 Å². The average Bonchev–Trinajstić information content (AvgIpc) is 3.00. The standard InChI is InChI=1S/C16H17N5O/c17-15-12(16-20-13-3-1-2-4-14(13)22-16)9-11(10-19-15)21-7-5-18-6-8-21/h1-4,9-10,18H,5-8H2,(H2,17,19). The summed E-state index contributed by atoms with van der Waals surface area (Å²) in [5.41, 5.74) is 9.40. The molecule has 0 bridgehead atoms. The first kappa shape index (κ1) is 13.1. The van der Waals surface area contributed by atoms with Crippen molar-refractivity contribution in [2.75, 3.05) is 36.8 Å². The smallest absolute Gasteiger partial charge is 0.231 e. The summed E-state index contributed by atoms with van der Waals surface area (Å²) in [6, 6.07) is 9.70. The van der Waals surface area contributed by atoms with E-state index in [4.69, 9.17) is 10.2 Å². The fourth-order valence-electron chi connectivity index (χ4n) is 2.72. The summed E-state index contributed by atoms with van der Waals surface area (Å²) < 4.78 is 5.82. The van der Waals surface area contributed by atoms with Gasteiger partial charge in [-0.15, -0.1) is 0 Å². The van der Waals surface area contributed by atoms with E-state index in [1.807, 2.05) is 36.5 Å². The largest absolute Gasteiger partial charge is 0.436 e. The highest BCUT2D eigenvalue weighted by Crippen LogP contribution is 2.30. The van der Waals surface area contributed by atoms with Gasteiger partial charge in [0.1, 0.15) is 11.3 Å². The van der Waals surface area contributed by atoms with Gasteiger partial charge < -0.3 is 20.4 Å². The number of hydrogen-bond acceptors (Lipinski definition) is 6. The van der Waals surface area contributed by atoms with Gasteiger partial charge in [0.25, 0.3) is 0 Å². The zero-order valence-corrected chi connectivity index (χ0v) is 12.1. The molecule has 3 heterocycles. The Morgan fingerprint density at radius 3 is 2.82 bits per heavy atom. The molecule has 6 heteroatoms. The molecule has 0 aliphatic carbocycles. The van der Waals surface area contributed by atoms with Crippen molar-refractivity contribution in [2.45, 2.75) is 0 Å². The second-order valence-electron chi connectivity index (χ2n) is 5.35. The van der Waals surface area contributed by atoms with E-state index in [2.05, 4.69) is 20.2 Å². The Morgan fingerprint density at radius 2 is 2.00 bits per heavy atom. The number of oxazole rings is 1. The number of para-hydroxylation sites is 2. The molecule has 0 atom stereocenters. The molecule has 0 saturated carbocycles. The molecule has 6 nitrogen and oxygen atoms in total. The van der Waals surface area contributed by atoms with E-state index in [-0.39, 0.29) is 0 Å². The minimum Gasteiger partial charge on any atom is -0.436 e. The van der Waals surface area contributed by atoms with Crippen molar-refractivity contribution in [3.8, 4) is 11.5 Å². The molecule has 22 heavy (non-hydrogen) atoms. The minimum atomic E-state index is 0.436. The molecule has 0 amide bonds. The van der Waals surface area contributed by atoms with Crippen molar-refractivity contribution >= 4 is 22.6 Å². The number of anilines is 2. The fraction of sp³-hybridized carbons (Fsp3) is 0.250. The van der Waals surface area contributed by atoms with Crippen molar-refractivity contribution in [3.63, 3.8) is 0 Å². The SMILES string of the molecule is Nc1ncc(N2CCNCC2)cc1-c1nc2ccccc2o1. The van der Waals surface area contributed by atoms with Gasteiger partial charge in [0.05, 0.1) is 17.4 Å². The molecule has 3 aromatic rings. The van der Waals surface area contributed by atoms with E-state index in [9.17, 15) is 0 Å². The Bertz CT molecular complexity index is 774. The third-order valence-corrected chi connectivity index (χ3v) is 3.91. The summed E-state index contributed by atoms with van der Waals surface area (Å²) in [5, 5.41) is 3.34. The number of piperazine rings is 1. The van der Waals surface area contributed by atoms with Gasteiger partial charge in [0, 0.05) is 26.2 Å². The molecule has 1 fully saturated rings. The highest BCUT2D eigenvalue weighted by molar-refractivity contribution is 5.79. The third-order valence-electron chi connectivity index (χ3n) is 3.91. The van der Waals surface area contributed by atoms with E-state index in [1.54, 1.807) is 0 Å². The number of aromatic nitrogens is 2. The zero-order chi connectivity index (χ0) is 14.9. The fourth-order valence-corrected chi connectivity index (χ4v) is 2.72. The van der Waals surface area contributed by atoms with Crippen molar-refractivity contribution < 1.29 is 4.42 Å². The predicted octanol–water partition coefficient (Wildman–Crippen LogP) is 1.88. The second kappa shape index (κ2) is 5.31. The van der Waals surface area contributed by atoms with Crippen LogP contribution < -0.4 is 16.0 Å². The molecule has 3 N–H and O–H groups in total. The summed E-state index contributed by atoms with van der Waals surface area (Å²) in [5.74, 6) is 0.952. The van der Waals surface area contributed by atoms with Crippen LogP contribution in [0.3, 0.4) is 0 Å². The van der Waals surface area contributed by atoms with Gasteiger partial charge >= 0.3 is 0 Å². The number of nitrogens with zero attached hydrogens (tertiary/aromatic N) is 3. The van der Waals surface area contributed by atoms with E-state index < -0.39 is 0 Å². The highest BCUT2D eigenvalue weighted by atomic mass is 16.3. The molecule has 0 spiro atoms. The van der Waals surface area contributed by atoms with Crippen LogP contribution in [0.2, 0.25) is 0 Å². The molecule has 2 aromatic heterocycles. The lowest BCUT2D eigenvalue weighted by atomic mass is 10.2. The van der Waals surface area contributed by atoms with Crippen LogP contribution in [0.15, 0.2) is 40.9 Å². The van der Waals surface area contributed by atoms with Crippen LogP contribution in [0.5, 0.6) is 0 Å². The van der Waals surface area contributed by atoms with Gasteiger partial charge in [0.15, 0.2) is 5.58 Å². The predicted molar refractivity (Wildman–Crippen MR) is 86.7 cm³/mol. The van der Waals surface area contributed by atoms with Crippen molar-refractivity contribution in [3.05, 3.63) is 36.5 Å². The van der Waals surface area contributed by atoms with Gasteiger partial charge in [-0.25, -0.2) is 9.97 Å². The Kier molecular flexibility index (Phi) is 3.16.